The molecule has 12 heavy (non-hydrogen) atoms. The highest BCUT2D eigenvalue weighted by molar-refractivity contribution is 7.98. The topological polar surface area (TPSA) is 29.1 Å². The van der Waals surface area contributed by atoms with Crippen molar-refractivity contribution in [3.8, 4) is 0 Å². The van der Waals surface area contributed by atoms with Crippen LogP contribution in [0.5, 0.6) is 0 Å². The molecule has 1 N–H and O–H groups in total. The number of benzene rings is 1. The van der Waals surface area contributed by atoms with Crippen molar-refractivity contribution < 1.29 is 4.79 Å². The van der Waals surface area contributed by atoms with Crippen LogP contribution >= 0.6 is 11.8 Å². The molecule has 1 amide bonds. The van der Waals surface area contributed by atoms with Gasteiger partial charge in [0, 0.05) is 0 Å². The first kappa shape index (κ1) is 9.13. The third-order valence-corrected chi connectivity index (χ3v) is 2.44. The maximum atomic E-state index is 10.2. The van der Waals surface area contributed by atoms with E-state index in [0.717, 1.165) is 12.0 Å². The Balaban J connectivity index is 2.72. The Bertz CT molecular complexity index is 238. The first-order valence-corrected chi connectivity index (χ1v) is 4.94. The highest BCUT2D eigenvalue weighted by Crippen LogP contribution is 2.21. The predicted molar refractivity (Wildman–Crippen MR) is 51.9 cm³/mol. The Morgan fingerprint density at radius 3 is 2.58 bits per heavy atom. The van der Waals surface area contributed by atoms with Crippen molar-refractivity contribution in [3.63, 3.8) is 0 Å². The molecule has 3 heteroatoms. The van der Waals surface area contributed by atoms with E-state index in [4.69, 9.17) is 0 Å². The van der Waals surface area contributed by atoms with Crippen LogP contribution in [-0.4, -0.2) is 12.7 Å². The lowest BCUT2D eigenvalue weighted by atomic mass is 10.2. The zero-order valence-electron chi connectivity index (χ0n) is 6.86. The molecule has 0 aromatic heterocycles. The van der Waals surface area contributed by atoms with Gasteiger partial charge >= 0.3 is 0 Å². The van der Waals surface area contributed by atoms with Crippen molar-refractivity contribution in [2.75, 3.05) is 6.26 Å². The molecule has 0 aliphatic rings. The van der Waals surface area contributed by atoms with Gasteiger partial charge in [-0.15, -0.1) is 11.8 Å². The molecular formula is C9H11NOS. The van der Waals surface area contributed by atoms with E-state index in [1.54, 1.807) is 11.8 Å². The number of rotatable bonds is 4. The third-order valence-electron chi connectivity index (χ3n) is 1.56. The molecular weight excluding hydrogens is 170 g/mol. The number of nitrogens with one attached hydrogen (secondary N) is 1. The molecule has 0 radical (unpaired) electrons. The van der Waals surface area contributed by atoms with Gasteiger partial charge in [0.2, 0.25) is 6.41 Å². The van der Waals surface area contributed by atoms with E-state index in [1.807, 2.05) is 36.6 Å². The number of carbonyl (C=O) groups excluding carboxylic acids is 1. The molecule has 1 atom stereocenters. The van der Waals surface area contributed by atoms with Crippen LogP contribution in [0.15, 0.2) is 30.3 Å². The SMILES string of the molecule is CSC(NC=O)c1ccccc1. The third kappa shape index (κ3) is 2.27. The first-order valence-electron chi connectivity index (χ1n) is 3.66. The van der Waals surface area contributed by atoms with Crippen LogP contribution in [-0.2, 0) is 4.79 Å². The summed E-state index contributed by atoms with van der Waals surface area (Å²) >= 11 is 1.61. The molecule has 1 aromatic carbocycles. The molecule has 1 rings (SSSR count). The van der Waals surface area contributed by atoms with E-state index in [2.05, 4.69) is 5.32 Å². The second kappa shape index (κ2) is 4.83. The normalized spacial score (nSPS) is 12.1. The molecule has 0 aliphatic heterocycles. The second-order valence-corrected chi connectivity index (χ2v) is 3.25. The van der Waals surface area contributed by atoms with Gasteiger partial charge < -0.3 is 5.32 Å². The van der Waals surface area contributed by atoms with Gasteiger partial charge in [0.1, 0.15) is 0 Å². The smallest absolute Gasteiger partial charge is 0.208 e. The van der Waals surface area contributed by atoms with Gasteiger partial charge in [-0.05, 0) is 11.8 Å². The average Bonchev–Trinajstić information content (AvgIpc) is 2.15. The molecule has 64 valence electrons. The van der Waals surface area contributed by atoms with Gasteiger partial charge in [0.15, 0.2) is 0 Å². The lowest BCUT2D eigenvalue weighted by Gasteiger charge is -2.12. The van der Waals surface area contributed by atoms with Gasteiger partial charge in [0.05, 0.1) is 5.37 Å². The molecule has 1 unspecified atom stereocenters. The summed E-state index contributed by atoms with van der Waals surface area (Å²) in [6.45, 7) is 0. The van der Waals surface area contributed by atoms with Crippen molar-refractivity contribution in [3.05, 3.63) is 35.9 Å². The van der Waals surface area contributed by atoms with Gasteiger partial charge in [-0.3, -0.25) is 4.79 Å². The standard InChI is InChI=1S/C9H11NOS/c1-12-9(10-7-11)8-5-3-2-4-6-8/h2-7,9H,1H3,(H,10,11). The fraction of sp³-hybridized carbons (Fsp3) is 0.222. The number of thioether (sulfide) groups is 1. The Hall–Kier alpha value is -0.960. The highest BCUT2D eigenvalue weighted by atomic mass is 32.2. The Morgan fingerprint density at radius 2 is 2.08 bits per heavy atom. The maximum Gasteiger partial charge on any atom is 0.208 e. The van der Waals surface area contributed by atoms with Crippen molar-refractivity contribution in [2.24, 2.45) is 0 Å². The van der Waals surface area contributed by atoms with Crippen LogP contribution in [0, 0.1) is 0 Å². The zero-order chi connectivity index (χ0) is 8.81. The summed E-state index contributed by atoms with van der Waals surface area (Å²) in [6, 6.07) is 9.88. The van der Waals surface area contributed by atoms with E-state index < -0.39 is 0 Å². The minimum absolute atomic E-state index is 0.0729. The second-order valence-electron chi connectivity index (χ2n) is 2.31. The Morgan fingerprint density at radius 1 is 1.42 bits per heavy atom. The molecule has 0 spiro atoms. The fourth-order valence-corrected chi connectivity index (χ4v) is 1.61. The van der Waals surface area contributed by atoms with E-state index in [-0.39, 0.29) is 5.37 Å². The Labute approximate surface area is 76.4 Å². The lowest BCUT2D eigenvalue weighted by Crippen LogP contribution is -2.15. The fourth-order valence-electron chi connectivity index (χ4n) is 0.990. The van der Waals surface area contributed by atoms with E-state index in [1.165, 1.54) is 0 Å². The van der Waals surface area contributed by atoms with Crippen molar-refractivity contribution >= 4 is 18.2 Å². The molecule has 0 heterocycles. The van der Waals surface area contributed by atoms with E-state index in [9.17, 15) is 4.79 Å². The summed E-state index contributed by atoms with van der Waals surface area (Å²) in [7, 11) is 0. The van der Waals surface area contributed by atoms with Crippen LogP contribution in [0.1, 0.15) is 10.9 Å². The number of hydrogen-bond donors (Lipinski definition) is 1. The lowest BCUT2D eigenvalue weighted by molar-refractivity contribution is -0.109. The first-order chi connectivity index (χ1) is 5.88. The molecule has 0 fully saturated rings. The number of hydrogen-bond acceptors (Lipinski definition) is 2. The molecule has 2 nitrogen and oxygen atoms in total. The van der Waals surface area contributed by atoms with Gasteiger partial charge in [-0.2, -0.15) is 0 Å². The largest absolute Gasteiger partial charge is 0.343 e. The average molecular weight is 181 g/mol. The van der Waals surface area contributed by atoms with Crippen LogP contribution in [0.2, 0.25) is 0 Å². The Kier molecular flexibility index (Phi) is 3.67. The summed E-state index contributed by atoms with van der Waals surface area (Å²) in [4.78, 5) is 10.2. The van der Waals surface area contributed by atoms with Crippen molar-refractivity contribution in [1.29, 1.82) is 0 Å². The molecule has 0 saturated carbocycles. The van der Waals surface area contributed by atoms with Crippen LogP contribution in [0.4, 0.5) is 0 Å². The van der Waals surface area contributed by atoms with Gasteiger partial charge in [-0.1, -0.05) is 30.3 Å². The summed E-state index contributed by atoms with van der Waals surface area (Å²) in [5.74, 6) is 0. The maximum absolute atomic E-state index is 10.2. The quantitative estimate of drug-likeness (QED) is 0.567. The minimum atomic E-state index is 0.0729. The predicted octanol–water partition coefficient (Wildman–Crippen LogP) is 1.79. The molecule has 1 aromatic rings. The van der Waals surface area contributed by atoms with E-state index in [0.29, 0.717) is 0 Å². The van der Waals surface area contributed by atoms with Crippen LogP contribution in [0.25, 0.3) is 0 Å². The monoisotopic (exact) mass is 181 g/mol. The molecule has 0 saturated heterocycles. The summed E-state index contributed by atoms with van der Waals surface area (Å²) < 4.78 is 0. The summed E-state index contributed by atoms with van der Waals surface area (Å²) in [5, 5.41) is 2.80. The van der Waals surface area contributed by atoms with Crippen LogP contribution in [0.3, 0.4) is 0 Å². The highest BCUT2D eigenvalue weighted by Gasteiger charge is 2.05. The van der Waals surface area contributed by atoms with E-state index >= 15 is 0 Å². The molecule has 0 bridgehead atoms. The summed E-state index contributed by atoms with van der Waals surface area (Å²) in [5.41, 5.74) is 1.12. The number of amides is 1. The zero-order valence-corrected chi connectivity index (χ0v) is 7.67. The molecule has 0 aliphatic carbocycles. The van der Waals surface area contributed by atoms with Crippen molar-refractivity contribution in [1.82, 2.24) is 5.32 Å². The van der Waals surface area contributed by atoms with Crippen molar-refractivity contribution in [2.45, 2.75) is 5.37 Å². The number of carbonyl (C=O) groups is 1. The van der Waals surface area contributed by atoms with Gasteiger partial charge in [0.25, 0.3) is 0 Å². The summed E-state index contributed by atoms with van der Waals surface area (Å²) in [6.07, 6.45) is 2.70. The minimum Gasteiger partial charge on any atom is -0.343 e. The van der Waals surface area contributed by atoms with Crippen LogP contribution < -0.4 is 5.32 Å². The van der Waals surface area contributed by atoms with Gasteiger partial charge in [-0.25, -0.2) is 0 Å².